The minimum absolute atomic E-state index is 0.829. The van der Waals surface area contributed by atoms with Crippen LogP contribution in [0.3, 0.4) is 0 Å². The van der Waals surface area contributed by atoms with Crippen molar-refractivity contribution in [3.05, 3.63) is 47.5 Å². The topological polar surface area (TPSA) is 52.0 Å². The third-order valence-corrected chi connectivity index (χ3v) is 2.76. The first kappa shape index (κ1) is 10.6. The van der Waals surface area contributed by atoms with Crippen LogP contribution in [0.4, 0.5) is 11.4 Å². The van der Waals surface area contributed by atoms with Gasteiger partial charge in [-0.25, -0.2) is 0 Å². The predicted molar refractivity (Wildman–Crippen MR) is 70.2 cm³/mol. The Bertz CT molecular complexity index is 454. The second-order valence-corrected chi connectivity index (χ2v) is 4.17. The van der Waals surface area contributed by atoms with Crippen molar-refractivity contribution in [1.29, 1.82) is 0 Å². The van der Waals surface area contributed by atoms with Gasteiger partial charge in [0.15, 0.2) is 0 Å². The maximum Gasteiger partial charge on any atom is 0.0400 e. The molecule has 0 saturated carbocycles. The molecule has 0 saturated heterocycles. The SMILES string of the molecule is Cc1cc2c(N)cc1-2.Cc1ccc(N)cc1. The van der Waals surface area contributed by atoms with Crippen LogP contribution < -0.4 is 11.5 Å². The monoisotopic (exact) mass is 212 g/mol. The first-order valence-electron chi connectivity index (χ1n) is 5.30. The van der Waals surface area contributed by atoms with E-state index in [1.54, 1.807) is 0 Å². The van der Waals surface area contributed by atoms with Gasteiger partial charge in [-0.3, -0.25) is 0 Å². The Morgan fingerprint density at radius 1 is 0.812 bits per heavy atom. The molecular weight excluding hydrogens is 196 g/mol. The molecule has 82 valence electrons. The van der Waals surface area contributed by atoms with Gasteiger partial charge in [0, 0.05) is 16.9 Å². The van der Waals surface area contributed by atoms with Crippen LogP contribution >= 0.6 is 0 Å². The van der Waals surface area contributed by atoms with Crippen molar-refractivity contribution in [3.8, 4) is 11.1 Å². The van der Waals surface area contributed by atoms with Gasteiger partial charge in [0.2, 0.25) is 0 Å². The molecule has 0 fully saturated rings. The third-order valence-electron chi connectivity index (χ3n) is 2.76. The van der Waals surface area contributed by atoms with E-state index in [0.29, 0.717) is 0 Å². The molecule has 2 aliphatic rings. The third kappa shape index (κ3) is 1.87. The van der Waals surface area contributed by atoms with Crippen LogP contribution in [0.1, 0.15) is 11.1 Å². The standard InChI is InChI=1S/C7H7N.C7H9N/c1-4-2-6-5(4)3-7(6)8;1-6-2-4-7(8)5-3-6/h2-3H,8H2,1H3;2-5H,8H2,1H3. The second kappa shape index (κ2) is 3.89. The summed E-state index contributed by atoms with van der Waals surface area (Å²) in [7, 11) is 0. The molecule has 0 radical (unpaired) electrons. The van der Waals surface area contributed by atoms with Crippen LogP contribution in [-0.2, 0) is 0 Å². The molecule has 16 heavy (non-hydrogen) atoms. The van der Waals surface area contributed by atoms with E-state index < -0.39 is 0 Å². The number of aryl methyl sites for hydroxylation is 2. The number of nitrogens with two attached hydrogens (primary N) is 2. The van der Waals surface area contributed by atoms with Gasteiger partial charge in [0.05, 0.1) is 0 Å². The Hall–Kier alpha value is -1.96. The summed E-state index contributed by atoms with van der Waals surface area (Å²) < 4.78 is 0. The number of anilines is 2. The fourth-order valence-electron chi connectivity index (χ4n) is 1.66. The van der Waals surface area contributed by atoms with Gasteiger partial charge in [0.1, 0.15) is 0 Å². The van der Waals surface area contributed by atoms with Crippen molar-refractivity contribution < 1.29 is 0 Å². The molecule has 0 aromatic heterocycles. The van der Waals surface area contributed by atoms with E-state index in [4.69, 9.17) is 11.5 Å². The number of nitrogen functional groups attached to an aromatic ring is 2. The molecule has 0 atom stereocenters. The molecule has 0 aliphatic heterocycles. The van der Waals surface area contributed by atoms with Crippen LogP contribution in [0.25, 0.3) is 11.1 Å². The minimum Gasteiger partial charge on any atom is -0.399 e. The molecule has 1 aromatic rings. The number of hydrogen-bond donors (Lipinski definition) is 2. The van der Waals surface area contributed by atoms with Crippen LogP contribution in [0.5, 0.6) is 0 Å². The number of rotatable bonds is 0. The van der Waals surface area contributed by atoms with E-state index in [-0.39, 0.29) is 0 Å². The summed E-state index contributed by atoms with van der Waals surface area (Å²) in [5, 5.41) is 0. The van der Waals surface area contributed by atoms with E-state index in [0.717, 1.165) is 11.4 Å². The lowest BCUT2D eigenvalue weighted by atomic mass is 9.85. The molecule has 0 unspecified atom stereocenters. The molecule has 3 rings (SSSR count). The lowest BCUT2D eigenvalue weighted by molar-refractivity contribution is 1.38. The normalized spacial score (nSPS) is 10.4. The van der Waals surface area contributed by atoms with Crippen LogP contribution in [-0.4, -0.2) is 0 Å². The van der Waals surface area contributed by atoms with Crippen molar-refractivity contribution >= 4 is 11.4 Å². The lowest BCUT2D eigenvalue weighted by Crippen LogP contribution is -2.02. The van der Waals surface area contributed by atoms with E-state index in [1.165, 1.54) is 22.3 Å². The summed E-state index contributed by atoms with van der Waals surface area (Å²) in [6.45, 7) is 4.14. The smallest absolute Gasteiger partial charge is 0.0400 e. The number of fused-ring (bicyclic) bond motifs is 1. The summed E-state index contributed by atoms with van der Waals surface area (Å²) in [5.74, 6) is 0. The maximum atomic E-state index is 5.48. The Balaban J connectivity index is 0.000000120. The van der Waals surface area contributed by atoms with Crippen LogP contribution in [0.15, 0.2) is 36.4 Å². The van der Waals surface area contributed by atoms with Crippen molar-refractivity contribution in [3.63, 3.8) is 0 Å². The van der Waals surface area contributed by atoms with Crippen molar-refractivity contribution in [2.45, 2.75) is 13.8 Å². The van der Waals surface area contributed by atoms with E-state index in [2.05, 4.69) is 13.0 Å². The van der Waals surface area contributed by atoms with E-state index in [1.807, 2.05) is 37.3 Å². The number of hydrogen-bond acceptors (Lipinski definition) is 2. The van der Waals surface area contributed by atoms with Crippen LogP contribution in [0.2, 0.25) is 0 Å². The summed E-state index contributed by atoms with van der Waals surface area (Å²) in [5.41, 5.74) is 17.9. The van der Waals surface area contributed by atoms with Crippen molar-refractivity contribution in [2.24, 2.45) is 0 Å². The fraction of sp³-hybridized carbons (Fsp3) is 0.143. The van der Waals surface area contributed by atoms with E-state index >= 15 is 0 Å². The summed E-state index contributed by atoms with van der Waals surface area (Å²) >= 11 is 0. The first-order chi connectivity index (χ1) is 7.58. The Morgan fingerprint density at radius 2 is 1.44 bits per heavy atom. The van der Waals surface area contributed by atoms with Crippen LogP contribution in [0, 0.1) is 13.8 Å². The van der Waals surface area contributed by atoms with Gasteiger partial charge in [-0.05, 0) is 49.2 Å². The molecular formula is C14H16N2. The number of benzene rings is 2. The lowest BCUT2D eigenvalue weighted by Gasteiger charge is -2.21. The van der Waals surface area contributed by atoms with Gasteiger partial charge in [0.25, 0.3) is 0 Å². The molecule has 4 N–H and O–H groups in total. The van der Waals surface area contributed by atoms with Gasteiger partial charge < -0.3 is 11.5 Å². The van der Waals surface area contributed by atoms with Gasteiger partial charge in [-0.15, -0.1) is 0 Å². The van der Waals surface area contributed by atoms with Gasteiger partial charge >= 0.3 is 0 Å². The zero-order valence-corrected chi connectivity index (χ0v) is 9.62. The van der Waals surface area contributed by atoms with E-state index in [9.17, 15) is 0 Å². The summed E-state index contributed by atoms with van der Waals surface area (Å²) in [4.78, 5) is 0. The first-order valence-corrected chi connectivity index (χ1v) is 5.30. The predicted octanol–water partition coefficient (Wildman–Crippen LogP) is 3.13. The molecule has 2 heteroatoms. The summed E-state index contributed by atoms with van der Waals surface area (Å²) in [6, 6.07) is 11.9. The quantitative estimate of drug-likeness (QED) is 0.562. The van der Waals surface area contributed by atoms with Gasteiger partial charge in [-0.1, -0.05) is 17.7 Å². The molecule has 0 heterocycles. The zero-order valence-electron chi connectivity index (χ0n) is 9.62. The van der Waals surface area contributed by atoms with Gasteiger partial charge in [-0.2, -0.15) is 0 Å². The Labute approximate surface area is 95.9 Å². The van der Waals surface area contributed by atoms with Crippen molar-refractivity contribution in [1.82, 2.24) is 0 Å². The second-order valence-electron chi connectivity index (χ2n) is 4.17. The highest BCUT2D eigenvalue weighted by atomic mass is 14.6. The molecule has 2 nitrogen and oxygen atoms in total. The maximum absolute atomic E-state index is 5.48. The molecule has 1 aromatic carbocycles. The Morgan fingerprint density at radius 3 is 1.69 bits per heavy atom. The highest BCUT2D eigenvalue weighted by Crippen LogP contribution is 2.42. The minimum atomic E-state index is 0.829. The largest absolute Gasteiger partial charge is 0.399 e. The average molecular weight is 212 g/mol. The molecule has 0 bridgehead atoms. The molecule has 0 amide bonds. The summed E-state index contributed by atoms with van der Waals surface area (Å²) in [6.07, 6.45) is 0. The fourth-order valence-corrected chi connectivity index (χ4v) is 1.66. The zero-order chi connectivity index (χ0) is 11.7. The average Bonchev–Trinajstić information content (AvgIpc) is 2.27. The molecule has 2 aliphatic carbocycles. The highest BCUT2D eigenvalue weighted by molar-refractivity contribution is 5.93. The van der Waals surface area contributed by atoms with Crippen molar-refractivity contribution in [2.75, 3.05) is 11.5 Å². The highest BCUT2D eigenvalue weighted by Gasteiger charge is 2.17. The molecule has 0 spiro atoms. The Kier molecular flexibility index (Phi) is 2.57.